The molecule has 0 atom stereocenters. The van der Waals surface area contributed by atoms with Crippen molar-refractivity contribution >= 4 is 40.4 Å². The predicted octanol–water partition coefficient (Wildman–Crippen LogP) is 5.88. The van der Waals surface area contributed by atoms with E-state index in [0.717, 1.165) is 64.9 Å². The molecule has 0 unspecified atom stereocenters. The number of nitrogens with zero attached hydrogens (tertiary/aromatic N) is 5. The number of halogens is 1. The fourth-order valence-corrected chi connectivity index (χ4v) is 5.90. The standard InChI is InChI=1S/C30H27ClN6O2/c1-17-26(18(2)39-36-17)19-6-7-25-24(12-19)27(35-30(9-10-30)22-4-3-5-23(31)13-22)34-28(33-25)29(38)37-11-8-20-14-32-15-21(20)16-37/h3-7,12-13,15H,8-11,14,16H2,1-2H3,(H,33,34,35). The van der Waals surface area contributed by atoms with Crippen molar-refractivity contribution in [2.24, 2.45) is 4.99 Å². The van der Waals surface area contributed by atoms with Crippen LogP contribution in [0.15, 0.2) is 63.1 Å². The molecule has 0 saturated heterocycles. The Morgan fingerprint density at radius 1 is 1.13 bits per heavy atom. The van der Waals surface area contributed by atoms with E-state index in [1.807, 2.05) is 55.3 Å². The Balaban J connectivity index is 1.32. The van der Waals surface area contributed by atoms with Gasteiger partial charge in [-0.25, -0.2) is 9.97 Å². The van der Waals surface area contributed by atoms with Crippen molar-refractivity contribution in [3.05, 3.63) is 81.5 Å². The number of carbonyl (C=O) groups is 1. The van der Waals surface area contributed by atoms with Crippen molar-refractivity contribution in [1.82, 2.24) is 20.0 Å². The maximum atomic E-state index is 13.7. The van der Waals surface area contributed by atoms with Crippen molar-refractivity contribution in [2.75, 3.05) is 25.0 Å². The first-order chi connectivity index (χ1) is 18.9. The van der Waals surface area contributed by atoms with Crippen LogP contribution in [0.3, 0.4) is 0 Å². The second-order valence-electron chi connectivity index (χ2n) is 10.6. The Morgan fingerprint density at radius 2 is 2.00 bits per heavy atom. The van der Waals surface area contributed by atoms with E-state index in [4.69, 9.17) is 26.1 Å². The number of hydrogen-bond donors (Lipinski definition) is 1. The van der Waals surface area contributed by atoms with Gasteiger partial charge in [-0.05, 0) is 79.6 Å². The van der Waals surface area contributed by atoms with Gasteiger partial charge in [0.15, 0.2) is 0 Å². The summed E-state index contributed by atoms with van der Waals surface area (Å²) in [5.74, 6) is 1.40. The van der Waals surface area contributed by atoms with Crippen molar-refractivity contribution < 1.29 is 9.32 Å². The van der Waals surface area contributed by atoms with Crippen LogP contribution in [0.25, 0.3) is 22.0 Å². The molecule has 39 heavy (non-hydrogen) atoms. The normalized spacial score (nSPS) is 17.6. The van der Waals surface area contributed by atoms with Gasteiger partial charge in [-0.2, -0.15) is 0 Å². The van der Waals surface area contributed by atoms with Crippen LogP contribution in [0.2, 0.25) is 5.02 Å². The number of amides is 1. The largest absolute Gasteiger partial charge is 0.361 e. The molecule has 1 aliphatic carbocycles. The zero-order chi connectivity index (χ0) is 26.7. The molecule has 196 valence electrons. The average molecular weight is 539 g/mol. The third-order valence-electron chi connectivity index (χ3n) is 8.01. The van der Waals surface area contributed by atoms with Crippen LogP contribution < -0.4 is 5.32 Å². The Labute approximate surface area is 230 Å². The van der Waals surface area contributed by atoms with Gasteiger partial charge in [-0.3, -0.25) is 9.79 Å². The second kappa shape index (κ2) is 9.02. The number of nitrogens with one attached hydrogen (secondary N) is 1. The lowest BCUT2D eigenvalue weighted by Crippen LogP contribution is -2.38. The molecule has 1 fully saturated rings. The summed E-state index contributed by atoms with van der Waals surface area (Å²) >= 11 is 6.34. The predicted molar refractivity (Wildman–Crippen MR) is 151 cm³/mol. The van der Waals surface area contributed by atoms with E-state index in [9.17, 15) is 4.79 Å². The van der Waals surface area contributed by atoms with E-state index in [1.165, 1.54) is 5.57 Å². The number of aryl methyl sites for hydroxylation is 2. The second-order valence-corrected chi connectivity index (χ2v) is 11.1. The summed E-state index contributed by atoms with van der Waals surface area (Å²) < 4.78 is 5.43. The Kier molecular flexibility index (Phi) is 5.56. The molecule has 3 aliphatic rings. The molecular weight excluding hydrogens is 512 g/mol. The first-order valence-corrected chi connectivity index (χ1v) is 13.6. The number of aliphatic imine (C=N–C) groups is 1. The van der Waals surface area contributed by atoms with Crippen LogP contribution in [-0.4, -0.2) is 51.8 Å². The fraction of sp³-hybridized carbons (Fsp3) is 0.300. The number of anilines is 1. The van der Waals surface area contributed by atoms with Crippen molar-refractivity contribution in [1.29, 1.82) is 0 Å². The number of carbonyl (C=O) groups excluding carboxylic acids is 1. The molecule has 2 aromatic carbocycles. The van der Waals surface area contributed by atoms with Crippen molar-refractivity contribution in [3.63, 3.8) is 0 Å². The van der Waals surface area contributed by atoms with Gasteiger partial charge in [-0.1, -0.05) is 35.0 Å². The van der Waals surface area contributed by atoms with Gasteiger partial charge >= 0.3 is 0 Å². The molecule has 4 aromatic rings. The molecule has 9 heteroatoms. The van der Waals surface area contributed by atoms with Gasteiger partial charge in [0.1, 0.15) is 11.6 Å². The average Bonchev–Trinajstić information content (AvgIpc) is 3.43. The summed E-state index contributed by atoms with van der Waals surface area (Å²) in [4.78, 5) is 29.5. The Bertz CT molecular complexity index is 1700. The van der Waals surface area contributed by atoms with E-state index in [1.54, 1.807) is 0 Å². The van der Waals surface area contributed by atoms with Gasteiger partial charge in [0, 0.05) is 35.3 Å². The molecule has 1 amide bonds. The first kappa shape index (κ1) is 24.0. The van der Waals surface area contributed by atoms with Crippen LogP contribution in [0.4, 0.5) is 5.82 Å². The lowest BCUT2D eigenvalue weighted by Gasteiger charge is -2.27. The number of benzene rings is 2. The summed E-state index contributed by atoms with van der Waals surface area (Å²) in [6.07, 6.45) is 4.60. The molecule has 2 aliphatic heterocycles. The summed E-state index contributed by atoms with van der Waals surface area (Å²) in [6.45, 7) is 5.77. The zero-order valence-electron chi connectivity index (χ0n) is 21.8. The molecule has 2 aromatic heterocycles. The van der Waals surface area contributed by atoms with E-state index in [-0.39, 0.29) is 17.3 Å². The van der Waals surface area contributed by atoms with Gasteiger partial charge in [-0.15, -0.1) is 0 Å². The molecule has 7 rings (SSSR count). The van der Waals surface area contributed by atoms with Crippen molar-refractivity contribution in [3.8, 4) is 11.1 Å². The minimum Gasteiger partial charge on any atom is -0.361 e. The van der Waals surface area contributed by atoms with Crippen LogP contribution in [0.5, 0.6) is 0 Å². The lowest BCUT2D eigenvalue weighted by atomic mass is 10.0. The maximum absolute atomic E-state index is 13.7. The number of rotatable bonds is 5. The third kappa shape index (κ3) is 4.19. The van der Waals surface area contributed by atoms with Gasteiger partial charge in [0.25, 0.3) is 5.91 Å². The molecule has 1 N–H and O–H groups in total. The third-order valence-corrected chi connectivity index (χ3v) is 8.24. The minimum absolute atomic E-state index is 0.172. The number of aromatic nitrogens is 3. The van der Waals surface area contributed by atoms with Crippen LogP contribution in [0.1, 0.15) is 46.9 Å². The summed E-state index contributed by atoms with van der Waals surface area (Å²) in [5, 5.41) is 9.36. The highest BCUT2D eigenvalue weighted by atomic mass is 35.5. The highest BCUT2D eigenvalue weighted by Crippen LogP contribution is 2.49. The smallest absolute Gasteiger partial charge is 0.292 e. The number of hydrogen-bond acceptors (Lipinski definition) is 7. The van der Waals surface area contributed by atoms with Crippen LogP contribution >= 0.6 is 11.6 Å². The fourth-order valence-electron chi connectivity index (χ4n) is 5.71. The van der Waals surface area contributed by atoms with Gasteiger partial charge in [0.05, 0.1) is 23.3 Å². The van der Waals surface area contributed by atoms with Gasteiger partial charge in [0.2, 0.25) is 5.82 Å². The molecule has 4 heterocycles. The highest BCUT2D eigenvalue weighted by Gasteiger charge is 2.45. The van der Waals surface area contributed by atoms with E-state index in [2.05, 4.69) is 27.6 Å². The van der Waals surface area contributed by atoms with Crippen molar-refractivity contribution in [2.45, 2.75) is 38.6 Å². The molecule has 0 radical (unpaired) electrons. The summed E-state index contributed by atoms with van der Waals surface area (Å²) in [7, 11) is 0. The molecule has 1 saturated carbocycles. The van der Waals surface area contributed by atoms with E-state index >= 15 is 0 Å². The van der Waals surface area contributed by atoms with Crippen LogP contribution in [-0.2, 0) is 5.54 Å². The van der Waals surface area contributed by atoms with Gasteiger partial charge < -0.3 is 14.7 Å². The molecule has 8 nitrogen and oxygen atoms in total. The summed E-state index contributed by atoms with van der Waals surface area (Å²) in [6, 6.07) is 13.9. The first-order valence-electron chi connectivity index (χ1n) is 13.2. The number of fused-ring (bicyclic) bond motifs is 1. The lowest BCUT2D eigenvalue weighted by molar-refractivity contribution is 0.0755. The van der Waals surface area contributed by atoms with Crippen LogP contribution in [0, 0.1) is 13.8 Å². The topological polar surface area (TPSA) is 96.5 Å². The SMILES string of the molecule is Cc1noc(C)c1-c1ccc2nc(C(=O)N3CCC4=C(C=NC4)C3)nc(NC3(c4cccc(Cl)c4)CC3)c2c1. The van der Waals surface area contributed by atoms with E-state index in [0.29, 0.717) is 29.4 Å². The molecule has 0 spiro atoms. The highest BCUT2D eigenvalue weighted by molar-refractivity contribution is 6.30. The zero-order valence-corrected chi connectivity index (χ0v) is 22.5. The summed E-state index contributed by atoms with van der Waals surface area (Å²) in [5.41, 5.74) is 6.71. The molecule has 0 bridgehead atoms. The molecular formula is C30H27ClN6O2. The maximum Gasteiger partial charge on any atom is 0.292 e. The van der Waals surface area contributed by atoms with E-state index < -0.39 is 0 Å². The minimum atomic E-state index is -0.295. The monoisotopic (exact) mass is 538 g/mol. The quantitative estimate of drug-likeness (QED) is 0.340. The Morgan fingerprint density at radius 3 is 2.77 bits per heavy atom. The Hall–Kier alpha value is -4.04.